The van der Waals surface area contributed by atoms with Crippen LogP contribution < -0.4 is 15.2 Å². The quantitative estimate of drug-likeness (QED) is 0.842. The van der Waals surface area contributed by atoms with Crippen molar-refractivity contribution in [1.82, 2.24) is 5.16 Å². The van der Waals surface area contributed by atoms with Gasteiger partial charge in [0, 0.05) is 12.1 Å². The molecule has 0 spiro atoms. The molecular weight excluding hydrogens is 246 g/mol. The maximum Gasteiger partial charge on any atom is 0.176 e. The van der Waals surface area contributed by atoms with Crippen molar-refractivity contribution in [2.45, 2.75) is 0 Å². The molecule has 1 aliphatic heterocycles. The van der Waals surface area contributed by atoms with Gasteiger partial charge in [0.25, 0.3) is 0 Å². The highest BCUT2D eigenvalue weighted by molar-refractivity contribution is 5.72. The number of hydrogen-bond acceptors (Lipinski definition) is 5. The molecule has 18 heavy (non-hydrogen) atoms. The van der Waals surface area contributed by atoms with Crippen LogP contribution in [-0.2, 0) is 0 Å². The van der Waals surface area contributed by atoms with Gasteiger partial charge in [-0.05, 0) is 0 Å². The summed E-state index contributed by atoms with van der Waals surface area (Å²) in [6.07, 6.45) is 0. The SMILES string of the molecule is Nc1cc(-c2c(F)c(F)cc3c2OCCO3)on1. The molecule has 0 radical (unpaired) electrons. The summed E-state index contributed by atoms with van der Waals surface area (Å²) in [5.41, 5.74) is 5.21. The van der Waals surface area contributed by atoms with E-state index in [2.05, 4.69) is 5.16 Å². The van der Waals surface area contributed by atoms with Crippen LogP contribution >= 0.6 is 0 Å². The number of anilines is 1. The Hall–Kier alpha value is -2.31. The van der Waals surface area contributed by atoms with Crippen molar-refractivity contribution in [1.29, 1.82) is 0 Å². The minimum absolute atomic E-state index is 0.00810. The predicted molar refractivity (Wildman–Crippen MR) is 57.3 cm³/mol. The van der Waals surface area contributed by atoms with E-state index in [9.17, 15) is 8.78 Å². The number of hydrogen-bond donors (Lipinski definition) is 1. The second-order valence-corrected chi connectivity index (χ2v) is 3.69. The Kier molecular flexibility index (Phi) is 2.32. The van der Waals surface area contributed by atoms with E-state index in [4.69, 9.17) is 19.7 Å². The second-order valence-electron chi connectivity index (χ2n) is 3.69. The van der Waals surface area contributed by atoms with Crippen LogP contribution in [0.2, 0.25) is 0 Å². The van der Waals surface area contributed by atoms with Crippen LogP contribution in [0.25, 0.3) is 11.3 Å². The number of benzene rings is 1. The van der Waals surface area contributed by atoms with Crippen LogP contribution in [0.15, 0.2) is 16.7 Å². The molecule has 3 rings (SSSR count). The first-order valence-corrected chi connectivity index (χ1v) is 5.17. The Balaban J connectivity index is 2.26. The standard InChI is InChI=1S/C11H8F2N2O3/c12-5-3-7-11(17-2-1-16-7)9(10(5)13)6-4-8(14)15-18-6/h3-4H,1-2H2,(H2,14,15). The number of ether oxygens (including phenoxy) is 2. The highest BCUT2D eigenvalue weighted by atomic mass is 19.2. The van der Waals surface area contributed by atoms with Gasteiger partial charge in [-0.15, -0.1) is 0 Å². The lowest BCUT2D eigenvalue weighted by molar-refractivity contribution is 0.170. The Morgan fingerprint density at radius 1 is 1.17 bits per heavy atom. The third-order valence-electron chi connectivity index (χ3n) is 2.50. The normalized spacial score (nSPS) is 13.7. The lowest BCUT2D eigenvalue weighted by Gasteiger charge is -2.20. The summed E-state index contributed by atoms with van der Waals surface area (Å²) in [6, 6.07) is 2.23. The van der Waals surface area contributed by atoms with Crippen molar-refractivity contribution in [3.8, 4) is 22.8 Å². The number of nitrogens with zero attached hydrogens (tertiary/aromatic N) is 1. The molecule has 5 nitrogen and oxygen atoms in total. The molecule has 0 unspecified atom stereocenters. The van der Waals surface area contributed by atoms with Gasteiger partial charge < -0.3 is 19.7 Å². The van der Waals surface area contributed by atoms with Crippen molar-refractivity contribution in [2.24, 2.45) is 0 Å². The maximum absolute atomic E-state index is 13.8. The fraction of sp³-hybridized carbons (Fsp3) is 0.182. The van der Waals surface area contributed by atoms with E-state index in [1.54, 1.807) is 0 Å². The summed E-state index contributed by atoms with van der Waals surface area (Å²) >= 11 is 0. The van der Waals surface area contributed by atoms with Crippen LogP contribution in [0, 0.1) is 11.6 Å². The van der Waals surface area contributed by atoms with E-state index in [-0.39, 0.29) is 41.9 Å². The number of nitrogen functional groups attached to an aromatic ring is 1. The second kappa shape index (κ2) is 3.86. The van der Waals surface area contributed by atoms with Gasteiger partial charge in [-0.2, -0.15) is 0 Å². The lowest BCUT2D eigenvalue weighted by atomic mass is 10.1. The molecule has 0 fully saturated rings. The third kappa shape index (κ3) is 1.55. The summed E-state index contributed by atoms with van der Waals surface area (Å²) in [4.78, 5) is 0. The minimum atomic E-state index is -1.09. The monoisotopic (exact) mass is 254 g/mol. The van der Waals surface area contributed by atoms with E-state index >= 15 is 0 Å². The number of halogens is 2. The van der Waals surface area contributed by atoms with Crippen LogP contribution in [0.5, 0.6) is 11.5 Å². The van der Waals surface area contributed by atoms with Crippen molar-refractivity contribution < 1.29 is 22.8 Å². The van der Waals surface area contributed by atoms with Gasteiger partial charge in [0.1, 0.15) is 18.8 Å². The molecule has 1 aliphatic rings. The average molecular weight is 254 g/mol. The molecule has 1 aromatic carbocycles. The fourth-order valence-corrected chi connectivity index (χ4v) is 1.76. The van der Waals surface area contributed by atoms with Crippen LogP contribution in [0.1, 0.15) is 0 Å². The summed E-state index contributed by atoms with van der Waals surface area (Å²) in [5, 5.41) is 3.43. The molecule has 0 saturated heterocycles. The average Bonchev–Trinajstić information content (AvgIpc) is 2.77. The summed E-state index contributed by atoms with van der Waals surface area (Å²) in [6.45, 7) is 0.519. The molecule has 2 aromatic rings. The highest BCUT2D eigenvalue weighted by Gasteiger charge is 2.27. The van der Waals surface area contributed by atoms with Crippen molar-refractivity contribution in [3.05, 3.63) is 23.8 Å². The Morgan fingerprint density at radius 3 is 2.67 bits per heavy atom. The van der Waals surface area contributed by atoms with Gasteiger partial charge in [-0.3, -0.25) is 0 Å². The maximum atomic E-state index is 13.8. The first kappa shape index (κ1) is 10.8. The highest BCUT2D eigenvalue weighted by Crippen LogP contribution is 2.43. The van der Waals surface area contributed by atoms with Crippen LogP contribution in [0.4, 0.5) is 14.6 Å². The summed E-state index contributed by atoms with van der Waals surface area (Å²) in [7, 11) is 0. The molecule has 0 atom stereocenters. The van der Waals surface area contributed by atoms with Crippen molar-refractivity contribution >= 4 is 5.82 Å². The zero-order valence-corrected chi connectivity index (χ0v) is 9.07. The van der Waals surface area contributed by atoms with Gasteiger partial charge in [0.2, 0.25) is 0 Å². The molecule has 0 amide bonds. The summed E-state index contributed by atoms with van der Waals surface area (Å²) in [5.74, 6) is -1.86. The topological polar surface area (TPSA) is 70.5 Å². The summed E-state index contributed by atoms with van der Waals surface area (Å²) < 4.78 is 42.6. The van der Waals surface area contributed by atoms with E-state index in [0.29, 0.717) is 0 Å². The number of nitrogens with two attached hydrogens (primary N) is 1. The molecule has 0 saturated carbocycles. The first-order valence-electron chi connectivity index (χ1n) is 5.17. The van der Waals surface area contributed by atoms with Gasteiger partial charge in [-0.1, -0.05) is 5.16 Å². The Bertz CT molecular complexity index is 613. The molecular formula is C11H8F2N2O3. The zero-order chi connectivity index (χ0) is 12.7. The Morgan fingerprint density at radius 2 is 1.94 bits per heavy atom. The molecule has 7 heteroatoms. The van der Waals surface area contributed by atoms with Crippen molar-refractivity contribution in [2.75, 3.05) is 18.9 Å². The fourth-order valence-electron chi connectivity index (χ4n) is 1.76. The smallest absolute Gasteiger partial charge is 0.176 e. The van der Waals surface area contributed by atoms with Crippen LogP contribution in [0.3, 0.4) is 0 Å². The largest absolute Gasteiger partial charge is 0.486 e. The van der Waals surface area contributed by atoms with Gasteiger partial charge in [-0.25, -0.2) is 8.78 Å². The first-order chi connectivity index (χ1) is 8.66. The molecule has 1 aromatic heterocycles. The minimum Gasteiger partial charge on any atom is -0.486 e. The molecule has 0 aliphatic carbocycles. The number of rotatable bonds is 1. The van der Waals surface area contributed by atoms with Gasteiger partial charge in [0.15, 0.2) is 34.7 Å². The number of fused-ring (bicyclic) bond motifs is 1. The third-order valence-corrected chi connectivity index (χ3v) is 2.50. The van der Waals surface area contributed by atoms with Crippen molar-refractivity contribution in [3.63, 3.8) is 0 Å². The van der Waals surface area contributed by atoms with Crippen LogP contribution in [-0.4, -0.2) is 18.4 Å². The predicted octanol–water partition coefficient (Wildman–Crippen LogP) is 1.97. The van der Waals surface area contributed by atoms with Gasteiger partial charge >= 0.3 is 0 Å². The Labute approximate surface area is 100 Å². The van der Waals surface area contributed by atoms with E-state index in [1.165, 1.54) is 6.07 Å². The molecule has 2 heterocycles. The zero-order valence-electron chi connectivity index (χ0n) is 9.07. The van der Waals surface area contributed by atoms with Gasteiger partial charge in [0.05, 0.1) is 0 Å². The molecule has 0 bridgehead atoms. The van der Waals surface area contributed by atoms with E-state index < -0.39 is 11.6 Å². The molecule has 2 N–H and O–H groups in total. The number of aromatic nitrogens is 1. The van der Waals surface area contributed by atoms with E-state index in [1.807, 2.05) is 0 Å². The lowest BCUT2D eigenvalue weighted by Crippen LogP contribution is -2.17. The molecule has 94 valence electrons. The van der Waals surface area contributed by atoms with E-state index in [0.717, 1.165) is 6.07 Å².